The number of anilines is 1. The monoisotopic (exact) mass is 200 g/mol. The van der Waals surface area contributed by atoms with E-state index in [1.165, 1.54) is 0 Å². The van der Waals surface area contributed by atoms with Crippen LogP contribution in [0.3, 0.4) is 0 Å². The normalized spacial score (nSPS) is 10.0. The number of aliphatic hydroxyl groups excluding tert-OH is 1. The Morgan fingerprint density at radius 3 is 3.00 bits per heavy atom. The van der Waals surface area contributed by atoms with Crippen molar-refractivity contribution in [2.75, 3.05) is 18.5 Å². The van der Waals surface area contributed by atoms with Gasteiger partial charge >= 0.3 is 0 Å². The van der Waals surface area contributed by atoms with Gasteiger partial charge < -0.3 is 10.4 Å². The average molecular weight is 201 g/mol. The van der Waals surface area contributed by atoms with Gasteiger partial charge in [-0.05, 0) is 25.0 Å². The third-order valence-electron chi connectivity index (χ3n) is 1.64. The SMILES string of the molecule is OCCCCNc1ccnc(Cl)c1. The van der Waals surface area contributed by atoms with Gasteiger partial charge in [-0.2, -0.15) is 0 Å². The number of nitrogens with one attached hydrogen (secondary N) is 1. The van der Waals surface area contributed by atoms with E-state index in [4.69, 9.17) is 16.7 Å². The number of aromatic nitrogens is 1. The van der Waals surface area contributed by atoms with Gasteiger partial charge in [0.25, 0.3) is 0 Å². The van der Waals surface area contributed by atoms with E-state index in [0.717, 1.165) is 25.1 Å². The summed E-state index contributed by atoms with van der Waals surface area (Å²) in [5.41, 5.74) is 0.970. The summed E-state index contributed by atoms with van der Waals surface area (Å²) < 4.78 is 0. The molecule has 0 aliphatic rings. The van der Waals surface area contributed by atoms with Gasteiger partial charge in [0.2, 0.25) is 0 Å². The van der Waals surface area contributed by atoms with Crippen molar-refractivity contribution < 1.29 is 5.11 Å². The number of hydrogen-bond acceptors (Lipinski definition) is 3. The fourth-order valence-electron chi connectivity index (χ4n) is 0.982. The van der Waals surface area contributed by atoms with Crippen LogP contribution in [-0.2, 0) is 0 Å². The molecular weight excluding hydrogens is 188 g/mol. The highest BCUT2D eigenvalue weighted by Gasteiger charge is 1.93. The van der Waals surface area contributed by atoms with Crippen LogP contribution in [0.5, 0.6) is 0 Å². The molecule has 0 aliphatic heterocycles. The van der Waals surface area contributed by atoms with E-state index >= 15 is 0 Å². The van der Waals surface area contributed by atoms with Crippen LogP contribution >= 0.6 is 11.6 Å². The van der Waals surface area contributed by atoms with Crippen LogP contribution in [0.2, 0.25) is 5.15 Å². The molecule has 72 valence electrons. The lowest BCUT2D eigenvalue weighted by Crippen LogP contribution is -2.02. The minimum absolute atomic E-state index is 0.249. The Morgan fingerprint density at radius 1 is 1.46 bits per heavy atom. The summed E-state index contributed by atoms with van der Waals surface area (Å²) in [6.07, 6.45) is 3.44. The van der Waals surface area contributed by atoms with Crippen molar-refractivity contribution in [2.45, 2.75) is 12.8 Å². The number of aliphatic hydroxyl groups is 1. The number of rotatable bonds is 5. The van der Waals surface area contributed by atoms with Gasteiger partial charge in [0.1, 0.15) is 5.15 Å². The van der Waals surface area contributed by atoms with Crippen molar-refractivity contribution in [2.24, 2.45) is 0 Å². The first-order chi connectivity index (χ1) is 6.33. The Balaban J connectivity index is 2.28. The summed E-state index contributed by atoms with van der Waals surface area (Å²) in [5, 5.41) is 12.2. The van der Waals surface area contributed by atoms with Crippen LogP contribution in [-0.4, -0.2) is 23.2 Å². The van der Waals surface area contributed by atoms with Crippen molar-refractivity contribution >= 4 is 17.3 Å². The van der Waals surface area contributed by atoms with Crippen LogP contribution < -0.4 is 5.32 Å². The highest BCUT2D eigenvalue weighted by molar-refractivity contribution is 6.29. The van der Waals surface area contributed by atoms with E-state index < -0.39 is 0 Å². The van der Waals surface area contributed by atoms with Crippen molar-refractivity contribution in [1.29, 1.82) is 0 Å². The summed E-state index contributed by atoms with van der Waals surface area (Å²) >= 11 is 5.69. The van der Waals surface area contributed by atoms with Gasteiger partial charge in [-0.1, -0.05) is 11.6 Å². The standard InChI is InChI=1S/C9H13ClN2O/c10-9-7-8(3-5-12-9)11-4-1-2-6-13/h3,5,7,13H,1-2,4,6H2,(H,11,12). The minimum Gasteiger partial charge on any atom is -0.396 e. The second-order valence-corrected chi connectivity index (χ2v) is 3.11. The Bertz CT molecular complexity index is 255. The predicted molar refractivity (Wildman–Crippen MR) is 54.1 cm³/mol. The van der Waals surface area contributed by atoms with Gasteiger partial charge in [-0.25, -0.2) is 4.98 Å². The molecule has 2 N–H and O–H groups in total. The molecule has 0 atom stereocenters. The molecule has 1 heterocycles. The number of hydrogen-bond donors (Lipinski definition) is 2. The molecule has 0 amide bonds. The Morgan fingerprint density at radius 2 is 2.31 bits per heavy atom. The Kier molecular flexibility index (Phi) is 4.57. The first-order valence-corrected chi connectivity index (χ1v) is 4.67. The van der Waals surface area contributed by atoms with Gasteiger partial charge in [0.05, 0.1) is 0 Å². The molecule has 0 aromatic carbocycles. The molecule has 3 nitrogen and oxygen atoms in total. The first-order valence-electron chi connectivity index (χ1n) is 4.29. The minimum atomic E-state index is 0.249. The molecule has 0 spiro atoms. The molecule has 4 heteroatoms. The van der Waals surface area contributed by atoms with Gasteiger partial charge in [0.15, 0.2) is 0 Å². The zero-order valence-electron chi connectivity index (χ0n) is 7.33. The summed E-state index contributed by atoms with van der Waals surface area (Å²) in [5.74, 6) is 0. The maximum atomic E-state index is 8.55. The smallest absolute Gasteiger partial charge is 0.131 e. The molecule has 0 bridgehead atoms. The van der Waals surface area contributed by atoms with Crippen LogP contribution in [0.15, 0.2) is 18.3 Å². The molecule has 0 radical (unpaired) electrons. The van der Waals surface area contributed by atoms with Crippen LogP contribution in [0.25, 0.3) is 0 Å². The fourth-order valence-corrected chi connectivity index (χ4v) is 1.16. The highest BCUT2D eigenvalue weighted by atomic mass is 35.5. The quantitative estimate of drug-likeness (QED) is 0.564. The second-order valence-electron chi connectivity index (χ2n) is 2.72. The number of halogens is 1. The Hall–Kier alpha value is -0.800. The summed E-state index contributed by atoms with van der Waals surface area (Å²) in [4.78, 5) is 3.87. The largest absolute Gasteiger partial charge is 0.396 e. The van der Waals surface area contributed by atoms with Crippen molar-refractivity contribution in [3.8, 4) is 0 Å². The Labute approximate surface area is 82.8 Å². The maximum Gasteiger partial charge on any atom is 0.131 e. The molecular formula is C9H13ClN2O. The first kappa shape index (κ1) is 10.3. The fraction of sp³-hybridized carbons (Fsp3) is 0.444. The van der Waals surface area contributed by atoms with E-state index in [-0.39, 0.29) is 6.61 Å². The molecule has 1 rings (SSSR count). The van der Waals surface area contributed by atoms with Crippen LogP contribution in [0, 0.1) is 0 Å². The van der Waals surface area contributed by atoms with Crippen LogP contribution in [0.1, 0.15) is 12.8 Å². The summed E-state index contributed by atoms with van der Waals surface area (Å²) in [6.45, 7) is 1.10. The number of nitrogens with zero attached hydrogens (tertiary/aromatic N) is 1. The highest BCUT2D eigenvalue weighted by Crippen LogP contribution is 2.11. The van der Waals surface area contributed by atoms with Crippen molar-refractivity contribution in [1.82, 2.24) is 4.98 Å². The summed E-state index contributed by atoms with van der Waals surface area (Å²) in [6, 6.07) is 3.64. The second kappa shape index (κ2) is 5.78. The van der Waals surface area contributed by atoms with E-state index in [1.807, 2.05) is 6.07 Å². The molecule has 0 unspecified atom stereocenters. The van der Waals surface area contributed by atoms with E-state index in [0.29, 0.717) is 5.15 Å². The maximum absolute atomic E-state index is 8.55. The average Bonchev–Trinajstić information content (AvgIpc) is 2.13. The van der Waals surface area contributed by atoms with Gasteiger partial charge in [-0.15, -0.1) is 0 Å². The molecule has 0 saturated heterocycles. The number of unbranched alkanes of at least 4 members (excludes halogenated alkanes) is 1. The third-order valence-corrected chi connectivity index (χ3v) is 1.85. The molecule has 13 heavy (non-hydrogen) atoms. The molecule has 0 fully saturated rings. The van der Waals surface area contributed by atoms with Crippen molar-refractivity contribution in [3.63, 3.8) is 0 Å². The number of pyridine rings is 1. The van der Waals surface area contributed by atoms with E-state index in [1.54, 1.807) is 12.3 Å². The van der Waals surface area contributed by atoms with E-state index in [2.05, 4.69) is 10.3 Å². The molecule has 0 saturated carbocycles. The molecule has 0 aliphatic carbocycles. The lowest BCUT2D eigenvalue weighted by atomic mass is 10.3. The van der Waals surface area contributed by atoms with Crippen LogP contribution in [0.4, 0.5) is 5.69 Å². The molecule has 1 aromatic heterocycles. The van der Waals surface area contributed by atoms with E-state index in [9.17, 15) is 0 Å². The molecule has 1 aromatic rings. The van der Waals surface area contributed by atoms with Crippen molar-refractivity contribution in [3.05, 3.63) is 23.5 Å². The zero-order chi connectivity index (χ0) is 9.52. The lowest BCUT2D eigenvalue weighted by Gasteiger charge is -2.04. The van der Waals surface area contributed by atoms with Gasteiger partial charge in [0, 0.05) is 25.0 Å². The van der Waals surface area contributed by atoms with Gasteiger partial charge in [-0.3, -0.25) is 0 Å². The summed E-state index contributed by atoms with van der Waals surface area (Å²) in [7, 11) is 0. The third kappa shape index (κ3) is 4.10. The predicted octanol–water partition coefficient (Wildman–Crippen LogP) is 1.92. The lowest BCUT2D eigenvalue weighted by molar-refractivity contribution is 0.286. The topological polar surface area (TPSA) is 45.1 Å². The zero-order valence-corrected chi connectivity index (χ0v) is 8.09.